The molecule has 1 aromatic heterocycles. The molecule has 1 amide bonds. The van der Waals surface area contributed by atoms with Gasteiger partial charge in [-0.3, -0.25) is 9.78 Å². The Morgan fingerprint density at radius 3 is 2.52 bits per heavy atom. The highest BCUT2D eigenvalue weighted by molar-refractivity contribution is 9.10. The molecule has 0 spiro atoms. The third kappa shape index (κ3) is 4.87. The van der Waals surface area contributed by atoms with Gasteiger partial charge in [0, 0.05) is 28.1 Å². The minimum absolute atomic E-state index is 0.207. The quantitative estimate of drug-likeness (QED) is 0.433. The van der Waals surface area contributed by atoms with Gasteiger partial charge in [-0.05, 0) is 70.0 Å². The minimum atomic E-state index is -0.523. The van der Waals surface area contributed by atoms with Gasteiger partial charge in [0.1, 0.15) is 5.75 Å². The van der Waals surface area contributed by atoms with Gasteiger partial charge in [0.05, 0.1) is 12.7 Å². The lowest BCUT2D eigenvalue weighted by Crippen LogP contribution is -2.12. The average molecular weight is 478 g/mol. The molecule has 4 rings (SSSR count). The van der Waals surface area contributed by atoms with Gasteiger partial charge in [-0.2, -0.15) is 0 Å². The molecule has 1 aliphatic heterocycles. The Balaban J connectivity index is 1.48. The SMILES string of the molecule is COc1ccc(/C=C2/N=C(c3ccc(NC(=O)c4cncc(Br)c4)cc3)OC2=O)cc1. The van der Waals surface area contributed by atoms with E-state index in [1.807, 2.05) is 12.1 Å². The average Bonchev–Trinajstić information content (AvgIpc) is 3.15. The van der Waals surface area contributed by atoms with E-state index >= 15 is 0 Å². The van der Waals surface area contributed by atoms with E-state index in [-0.39, 0.29) is 17.5 Å². The second kappa shape index (κ2) is 8.93. The molecule has 1 aliphatic rings. The van der Waals surface area contributed by atoms with Crippen molar-refractivity contribution in [2.24, 2.45) is 4.99 Å². The number of nitrogens with zero attached hydrogens (tertiary/aromatic N) is 2. The monoisotopic (exact) mass is 477 g/mol. The predicted molar refractivity (Wildman–Crippen MR) is 120 cm³/mol. The summed E-state index contributed by atoms with van der Waals surface area (Å²) in [4.78, 5) is 32.8. The third-order valence-corrected chi connectivity index (χ3v) is 4.83. The highest BCUT2D eigenvalue weighted by Crippen LogP contribution is 2.22. The maximum absolute atomic E-state index is 12.3. The number of carbonyl (C=O) groups excluding carboxylic acids is 2. The number of esters is 1. The topological polar surface area (TPSA) is 89.9 Å². The second-order valence-corrected chi connectivity index (χ2v) is 7.45. The molecule has 0 radical (unpaired) electrons. The standard InChI is InChI=1S/C23H16BrN3O4/c1-30-19-8-2-14(3-9-19)10-20-23(29)31-22(27-20)15-4-6-18(7-5-15)26-21(28)16-11-17(24)13-25-12-16/h2-13H,1H3,(H,26,28)/b20-10+. The summed E-state index contributed by atoms with van der Waals surface area (Å²) in [6.07, 6.45) is 4.74. The van der Waals surface area contributed by atoms with Crippen LogP contribution < -0.4 is 10.1 Å². The van der Waals surface area contributed by atoms with Gasteiger partial charge < -0.3 is 14.8 Å². The molecule has 2 aromatic carbocycles. The van der Waals surface area contributed by atoms with Gasteiger partial charge in [0.25, 0.3) is 5.91 Å². The van der Waals surface area contributed by atoms with E-state index in [2.05, 4.69) is 31.2 Å². The number of anilines is 1. The molecule has 0 bridgehead atoms. The summed E-state index contributed by atoms with van der Waals surface area (Å²) in [7, 11) is 1.59. The maximum atomic E-state index is 12.3. The van der Waals surface area contributed by atoms with Crippen LogP contribution in [0.2, 0.25) is 0 Å². The van der Waals surface area contributed by atoms with E-state index in [9.17, 15) is 9.59 Å². The van der Waals surface area contributed by atoms with Crippen molar-refractivity contribution in [2.75, 3.05) is 12.4 Å². The first kappa shape index (κ1) is 20.5. The molecule has 0 saturated carbocycles. The number of hydrogen-bond donors (Lipinski definition) is 1. The van der Waals surface area contributed by atoms with Gasteiger partial charge in [0.2, 0.25) is 5.90 Å². The fourth-order valence-corrected chi connectivity index (χ4v) is 3.19. The third-order valence-electron chi connectivity index (χ3n) is 4.40. The van der Waals surface area contributed by atoms with Gasteiger partial charge >= 0.3 is 5.97 Å². The van der Waals surface area contributed by atoms with Crippen molar-refractivity contribution in [3.05, 3.63) is 93.9 Å². The zero-order chi connectivity index (χ0) is 21.8. The number of aliphatic imine (C=N–C) groups is 1. The van der Waals surface area contributed by atoms with E-state index in [1.54, 1.807) is 61.8 Å². The number of hydrogen-bond acceptors (Lipinski definition) is 6. The number of carbonyl (C=O) groups is 2. The highest BCUT2D eigenvalue weighted by Gasteiger charge is 2.24. The van der Waals surface area contributed by atoms with Crippen LogP contribution in [-0.2, 0) is 9.53 Å². The van der Waals surface area contributed by atoms with Crippen molar-refractivity contribution in [1.29, 1.82) is 0 Å². The highest BCUT2D eigenvalue weighted by atomic mass is 79.9. The van der Waals surface area contributed by atoms with Crippen LogP contribution in [0.25, 0.3) is 6.08 Å². The summed E-state index contributed by atoms with van der Waals surface area (Å²) in [6.45, 7) is 0. The Hall–Kier alpha value is -3.78. The number of cyclic esters (lactones) is 1. The van der Waals surface area contributed by atoms with Crippen molar-refractivity contribution in [3.63, 3.8) is 0 Å². The number of rotatable bonds is 5. The smallest absolute Gasteiger partial charge is 0.363 e. The number of ether oxygens (including phenoxy) is 2. The number of halogens is 1. The summed E-state index contributed by atoms with van der Waals surface area (Å²) in [6, 6.07) is 15.8. The molecule has 1 N–H and O–H groups in total. The minimum Gasteiger partial charge on any atom is -0.497 e. The number of aromatic nitrogens is 1. The molecule has 8 heteroatoms. The van der Waals surface area contributed by atoms with Crippen LogP contribution in [0.15, 0.2) is 82.2 Å². The van der Waals surface area contributed by atoms with Crippen LogP contribution >= 0.6 is 15.9 Å². The first-order valence-electron chi connectivity index (χ1n) is 9.21. The molecule has 7 nitrogen and oxygen atoms in total. The zero-order valence-corrected chi connectivity index (χ0v) is 17.9. The van der Waals surface area contributed by atoms with Crippen LogP contribution in [0.1, 0.15) is 21.5 Å². The van der Waals surface area contributed by atoms with Crippen LogP contribution in [0, 0.1) is 0 Å². The summed E-state index contributed by atoms with van der Waals surface area (Å²) in [5, 5.41) is 2.79. The van der Waals surface area contributed by atoms with Crippen LogP contribution in [-0.4, -0.2) is 29.9 Å². The van der Waals surface area contributed by atoms with E-state index in [0.29, 0.717) is 16.8 Å². The maximum Gasteiger partial charge on any atom is 0.363 e. The fraction of sp³-hybridized carbons (Fsp3) is 0.0435. The molecule has 0 unspecified atom stereocenters. The number of methoxy groups -OCH3 is 1. The van der Waals surface area contributed by atoms with E-state index < -0.39 is 5.97 Å². The lowest BCUT2D eigenvalue weighted by molar-refractivity contribution is -0.129. The molecule has 0 aliphatic carbocycles. The molecule has 0 saturated heterocycles. The molecular weight excluding hydrogens is 462 g/mol. The summed E-state index contributed by atoms with van der Waals surface area (Å²) < 4.78 is 11.1. The van der Waals surface area contributed by atoms with E-state index in [0.717, 1.165) is 15.8 Å². The van der Waals surface area contributed by atoms with Crippen molar-refractivity contribution in [1.82, 2.24) is 4.98 Å². The first-order chi connectivity index (χ1) is 15.0. The van der Waals surface area contributed by atoms with Crippen LogP contribution in [0.3, 0.4) is 0 Å². The van der Waals surface area contributed by atoms with Gasteiger partial charge in [-0.15, -0.1) is 0 Å². The second-order valence-electron chi connectivity index (χ2n) is 6.53. The molecule has 31 heavy (non-hydrogen) atoms. The number of benzene rings is 2. The van der Waals surface area contributed by atoms with Gasteiger partial charge in [0.15, 0.2) is 5.70 Å². The van der Waals surface area contributed by atoms with Gasteiger partial charge in [-0.25, -0.2) is 9.79 Å². The number of amides is 1. The molecule has 154 valence electrons. The summed E-state index contributed by atoms with van der Waals surface area (Å²) >= 11 is 3.29. The first-order valence-corrected chi connectivity index (χ1v) is 10.00. The van der Waals surface area contributed by atoms with Crippen molar-refractivity contribution >= 4 is 45.5 Å². The molecule has 3 aromatic rings. The van der Waals surface area contributed by atoms with Crippen molar-refractivity contribution in [2.45, 2.75) is 0 Å². The van der Waals surface area contributed by atoms with E-state index in [4.69, 9.17) is 9.47 Å². The lowest BCUT2D eigenvalue weighted by Gasteiger charge is -2.06. The van der Waals surface area contributed by atoms with Gasteiger partial charge in [-0.1, -0.05) is 12.1 Å². The van der Waals surface area contributed by atoms with Crippen LogP contribution in [0.5, 0.6) is 5.75 Å². The Kier molecular flexibility index (Phi) is 5.90. The predicted octanol–water partition coefficient (Wildman–Crippen LogP) is 4.45. The normalized spacial score (nSPS) is 14.2. The Morgan fingerprint density at radius 2 is 1.84 bits per heavy atom. The fourth-order valence-electron chi connectivity index (χ4n) is 2.83. The summed E-state index contributed by atoms with van der Waals surface area (Å²) in [5.74, 6) is 0.128. The van der Waals surface area contributed by atoms with Crippen molar-refractivity contribution < 1.29 is 19.1 Å². The Morgan fingerprint density at radius 1 is 1.10 bits per heavy atom. The molecule has 2 heterocycles. The number of nitrogens with one attached hydrogen (secondary N) is 1. The van der Waals surface area contributed by atoms with Crippen LogP contribution in [0.4, 0.5) is 5.69 Å². The van der Waals surface area contributed by atoms with E-state index in [1.165, 1.54) is 6.20 Å². The number of pyridine rings is 1. The van der Waals surface area contributed by atoms with Crippen molar-refractivity contribution in [3.8, 4) is 5.75 Å². The molecular formula is C23H16BrN3O4. The zero-order valence-electron chi connectivity index (χ0n) is 16.3. The largest absolute Gasteiger partial charge is 0.497 e. The molecule has 0 atom stereocenters. The lowest BCUT2D eigenvalue weighted by atomic mass is 10.2. The molecule has 0 fully saturated rings. The Labute approximate surface area is 186 Å². The summed E-state index contributed by atoms with van der Waals surface area (Å²) in [5.41, 5.74) is 2.65. The Bertz CT molecular complexity index is 1200.